The first-order valence-electron chi connectivity index (χ1n) is 6.77. The molecule has 22 heavy (non-hydrogen) atoms. The topological polar surface area (TPSA) is 61.8 Å². The maximum atomic E-state index is 12.0. The van der Waals surface area contributed by atoms with Crippen LogP contribution in [-0.4, -0.2) is 28.7 Å². The Morgan fingerprint density at radius 3 is 2.14 bits per heavy atom. The van der Waals surface area contributed by atoms with E-state index < -0.39 is 10.0 Å². The van der Waals surface area contributed by atoms with Gasteiger partial charge in [0.15, 0.2) is 0 Å². The molecule has 0 bridgehead atoms. The Balaban J connectivity index is 2.06. The number of nitrogens with one attached hydrogen (secondary N) is 1. The molecule has 2 aromatic carbocycles. The van der Waals surface area contributed by atoms with Crippen molar-refractivity contribution in [1.29, 1.82) is 0 Å². The van der Waals surface area contributed by atoms with Gasteiger partial charge in [0.25, 0.3) is 10.0 Å². The fraction of sp³-hybridized carbons (Fsp3) is 0.188. The Bertz CT molecular complexity index is 749. The highest BCUT2D eigenvalue weighted by Crippen LogP contribution is 2.11. The average molecular weight is 317 g/mol. The lowest BCUT2D eigenvalue weighted by Crippen LogP contribution is -2.18. The minimum absolute atomic E-state index is 0.193. The average Bonchev–Trinajstić information content (AvgIpc) is 2.48. The van der Waals surface area contributed by atoms with E-state index in [-0.39, 0.29) is 4.90 Å². The smallest absolute Gasteiger partial charge is 0.276 e. The Hall–Kier alpha value is -2.34. The fourth-order valence-electron chi connectivity index (χ4n) is 1.80. The summed E-state index contributed by atoms with van der Waals surface area (Å²) in [6.45, 7) is 1.90. The molecule has 2 rings (SSSR count). The zero-order chi connectivity index (χ0) is 16.2. The van der Waals surface area contributed by atoms with Crippen LogP contribution in [0.2, 0.25) is 0 Å². The lowest BCUT2D eigenvalue weighted by molar-refractivity contribution is 0.584. The highest BCUT2D eigenvalue weighted by atomic mass is 32.2. The zero-order valence-electron chi connectivity index (χ0n) is 12.8. The molecule has 0 spiro atoms. The predicted molar refractivity (Wildman–Crippen MR) is 89.9 cm³/mol. The van der Waals surface area contributed by atoms with Gasteiger partial charge in [-0.3, -0.25) is 0 Å². The van der Waals surface area contributed by atoms with Crippen LogP contribution in [0.4, 0.5) is 5.69 Å². The van der Waals surface area contributed by atoms with E-state index in [2.05, 4.69) is 9.93 Å². The number of anilines is 1. The van der Waals surface area contributed by atoms with Crippen molar-refractivity contribution in [2.75, 3.05) is 19.0 Å². The van der Waals surface area contributed by atoms with E-state index in [1.54, 1.807) is 24.3 Å². The Kier molecular flexibility index (Phi) is 4.82. The summed E-state index contributed by atoms with van der Waals surface area (Å²) in [6, 6.07) is 14.2. The molecule has 0 unspecified atom stereocenters. The molecular formula is C16H19N3O2S. The molecule has 0 saturated heterocycles. The lowest BCUT2D eigenvalue weighted by Gasteiger charge is -2.11. The van der Waals surface area contributed by atoms with Gasteiger partial charge in [-0.2, -0.15) is 13.5 Å². The first kappa shape index (κ1) is 16.0. The molecule has 0 radical (unpaired) electrons. The number of nitrogens with zero attached hydrogens (tertiary/aromatic N) is 2. The van der Waals surface area contributed by atoms with E-state index in [0.717, 1.165) is 16.8 Å². The number of rotatable bonds is 5. The first-order valence-corrected chi connectivity index (χ1v) is 8.26. The highest BCUT2D eigenvalue weighted by molar-refractivity contribution is 7.89. The molecule has 0 saturated carbocycles. The number of aryl methyl sites for hydroxylation is 1. The Morgan fingerprint density at radius 1 is 1.00 bits per heavy atom. The molecule has 6 heteroatoms. The molecule has 1 N–H and O–H groups in total. The van der Waals surface area contributed by atoms with E-state index in [9.17, 15) is 8.42 Å². The third-order valence-corrected chi connectivity index (χ3v) is 4.37. The van der Waals surface area contributed by atoms with E-state index in [1.807, 2.05) is 50.2 Å². The first-order chi connectivity index (χ1) is 10.4. The minimum Gasteiger partial charge on any atom is -0.378 e. The molecule has 0 atom stereocenters. The van der Waals surface area contributed by atoms with Crippen molar-refractivity contribution in [3.05, 3.63) is 59.7 Å². The largest absolute Gasteiger partial charge is 0.378 e. The van der Waals surface area contributed by atoms with Crippen LogP contribution in [0.5, 0.6) is 0 Å². The zero-order valence-corrected chi connectivity index (χ0v) is 13.6. The summed E-state index contributed by atoms with van der Waals surface area (Å²) in [5.74, 6) is 0. The van der Waals surface area contributed by atoms with Gasteiger partial charge in [0.1, 0.15) is 0 Å². The maximum Gasteiger partial charge on any atom is 0.276 e. The molecule has 0 heterocycles. The molecule has 0 amide bonds. The van der Waals surface area contributed by atoms with Crippen molar-refractivity contribution in [3.8, 4) is 0 Å². The second kappa shape index (κ2) is 6.62. The fourth-order valence-corrected chi connectivity index (χ4v) is 2.59. The second-order valence-corrected chi connectivity index (χ2v) is 6.81. The molecule has 5 nitrogen and oxygen atoms in total. The monoisotopic (exact) mass is 317 g/mol. The van der Waals surface area contributed by atoms with Gasteiger partial charge in [-0.25, -0.2) is 4.83 Å². The molecule has 0 aliphatic carbocycles. The summed E-state index contributed by atoms with van der Waals surface area (Å²) < 4.78 is 24.1. The quantitative estimate of drug-likeness (QED) is 0.680. The van der Waals surface area contributed by atoms with Crippen LogP contribution in [0.15, 0.2) is 58.5 Å². The van der Waals surface area contributed by atoms with Crippen molar-refractivity contribution in [1.82, 2.24) is 4.83 Å². The van der Waals surface area contributed by atoms with E-state index in [0.29, 0.717) is 0 Å². The van der Waals surface area contributed by atoms with Crippen molar-refractivity contribution < 1.29 is 8.42 Å². The van der Waals surface area contributed by atoms with Crippen molar-refractivity contribution in [2.24, 2.45) is 5.10 Å². The van der Waals surface area contributed by atoms with Gasteiger partial charge in [-0.15, -0.1) is 0 Å². The SMILES string of the molecule is Cc1ccc(S(=O)(=O)N/N=C/c2ccc(N(C)C)cc2)cc1. The minimum atomic E-state index is -3.62. The molecule has 116 valence electrons. The summed E-state index contributed by atoms with van der Waals surface area (Å²) >= 11 is 0. The number of sulfonamides is 1. The number of hydrazone groups is 1. The number of hydrogen-bond acceptors (Lipinski definition) is 4. The standard InChI is InChI=1S/C16H19N3O2S/c1-13-4-10-16(11-5-13)22(20,21)18-17-12-14-6-8-15(9-7-14)19(2)3/h4-12,18H,1-3H3/b17-12+. The summed E-state index contributed by atoms with van der Waals surface area (Å²) in [5.41, 5.74) is 2.89. The molecule has 0 fully saturated rings. The molecule has 0 aliphatic rings. The van der Waals surface area contributed by atoms with E-state index in [1.165, 1.54) is 6.21 Å². The summed E-state index contributed by atoms with van der Waals surface area (Å²) in [5, 5.41) is 3.81. The number of hydrogen-bond donors (Lipinski definition) is 1. The summed E-state index contributed by atoms with van der Waals surface area (Å²) in [4.78, 5) is 4.39. The summed E-state index contributed by atoms with van der Waals surface area (Å²) in [7, 11) is 0.289. The maximum absolute atomic E-state index is 12.0. The van der Waals surface area contributed by atoms with Crippen molar-refractivity contribution in [2.45, 2.75) is 11.8 Å². The van der Waals surface area contributed by atoms with Crippen LogP contribution in [-0.2, 0) is 10.0 Å². The predicted octanol–water partition coefficient (Wildman–Crippen LogP) is 2.37. The molecular weight excluding hydrogens is 298 g/mol. The lowest BCUT2D eigenvalue weighted by atomic mass is 10.2. The third kappa shape index (κ3) is 4.08. The van der Waals surface area contributed by atoms with Crippen LogP contribution in [0.1, 0.15) is 11.1 Å². The second-order valence-electron chi connectivity index (χ2n) is 5.15. The Morgan fingerprint density at radius 2 is 1.59 bits per heavy atom. The van der Waals surface area contributed by atoms with Crippen molar-refractivity contribution >= 4 is 21.9 Å². The van der Waals surface area contributed by atoms with Gasteiger partial charge in [0.05, 0.1) is 11.1 Å². The van der Waals surface area contributed by atoms with E-state index in [4.69, 9.17) is 0 Å². The van der Waals surface area contributed by atoms with Crippen LogP contribution in [0.3, 0.4) is 0 Å². The third-order valence-electron chi connectivity index (χ3n) is 3.13. The molecule has 0 aromatic heterocycles. The van der Waals surface area contributed by atoms with Crippen LogP contribution in [0, 0.1) is 6.92 Å². The van der Waals surface area contributed by atoms with Crippen LogP contribution in [0.25, 0.3) is 0 Å². The van der Waals surface area contributed by atoms with Gasteiger partial charge in [0, 0.05) is 19.8 Å². The van der Waals surface area contributed by atoms with Crippen molar-refractivity contribution in [3.63, 3.8) is 0 Å². The van der Waals surface area contributed by atoms with Gasteiger partial charge in [-0.05, 0) is 36.8 Å². The van der Waals surface area contributed by atoms with Crippen LogP contribution < -0.4 is 9.73 Å². The highest BCUT2D eigenvalue weighted by Gasteiger charge is 2.11. The van der Waals surface area contributed by atoms with E-state index >= 15 is 0 Å². The Labute approximate surface area is 131 Å². The van der Waals surface area contributed by atoms with Gasteiger partial charge < -0.3 is 4.90 Å². The summed E-state index contributed by atoms with van der Waals surface area (Å²) in [6.07, 6.45) is 1.48. The molecule has 2 aromatic rings. The van der Waals surface area contributed by atoms with Gasteiger partial charge in [0.2, 0.25) is 0 Å². The van der Waals surface area contributed by atoms with Gasteiger partial charge >= 0.3 is 0 Å². The normalized spacial score (nSPS) is 11.6. The van der Waals surface area contributed by atoms with Crippen LogP contribution >= 0.6 is 0 Å². The number of benzene rings is 2. The van der Waals surface area contributed by atoms with Gasteiger partial charge in [-0.1, -0.05) is 29.8 Å². The molecule has 0 aliphatic heterocycles.